The van der Waals surface area contributed by atoms with Crippen LogP contribution in [0, 0.1) is 11.3 Å². The molecule has 2 heterocycles. The van der Waals surface area contributed by atoms with Gasteiger partial charge in [-0.1, -0.05) is 26.0 Å². The van der Waals surface area contributed by atoms with E-state index in [1.54, 1.807) is 18.5 Å². The largest absolute Gasteiger partial charge is 0.382 e. The molecule has 3 rings (SSSR count). The predicted molar refractivity (Wildman–Crippen MR) is 86.4 cm³/mol. The highest BCUT2D eigenvalue weighted by molar-refractivity contribution is 6.28. The third kappa shape index (κ3) is 3.15. The number of nitriles is 1. The first-order valence-electron chi connectivity index (χ1n) is 6.80. The lowest BCUT2D eigenvalue weighted by atomic mass is 10.1. The predicted octanol–water partition coefficient (Wildman–Crippen LogP) is 3.01. The van der Waals surface area contributed by atoms with E-state index < -0.39 is 0 Å². The zero-order valence-electron chi connectivity index (χ0n) is 12.3. The molecule has 6 nitrogen and oxygen atoms in total. The normalized spacial score (nSPS) is 9.91. The lowest BCUT2D eigenvalue weighted by molar-refractivity contribution is 0.813. The van der Waals surface area contributed by atoms with E-state index in [1.807, 2.05) is 30.5 Å². The first-order chi connectivity index (χ1) is 10.7. The summed E-state index contributed by atoms with van der Waals surface area (Å²) in [6.45, 7) is 4.56. The molecule has 0 bridgehead atoms. The Labute approximate surface area is 133 Å². The van der Waals surface area contributed by atoms with Crippen molar-refractivity contribution in [1.82, 2.24) is 19.5 Å². The average molecular weight is 315 g/mol. The highest BCUT2D eigenvalue weighted by Crippen LogP contribution is 2.19. The third-order valence-electron chi connectivity index (χ3n) is 2.90. The van der Waals surface area contributed by atoms with Gasteiger partial charge in [-0.05, 0) is 29.3 Å². The maximum atomic E-state index is 8.78. The van der Waals surface area contributed by atoms with E-state index in [0.717, 1.165) is 5.56 Å². The summed E-state index contributed by atoms with van der Waals surface area (Å²) in [4.78, 5) is 12.2. The van der Waals surface area contributed by atoms with Crippen LogP contribution >= 0.6 is 11.6 Å². The minimum atomic E-state index is 0.0941. The molecule has 0 saturated carbocycles. The van der Waals surface area contributed by atoms with Crippen molar-refractivity contribution >= 4 is 28.6 Å². The van der Waals surface area contributed by atoms with Crippen LogP contribution in [0.5, 0.6) is 0 Å². The molecular weight excluding hydrogens is 300 g/mol. The molecule has 3 aromatic rings. The first kappa shape index (κ1) is 15.7. The van der Waals surface area contributed by atoms with Crippen molar-refractivity contribution < 1.29 is 0 Å². The zero-order chi connectivity index (χ0) is 16.1. The second-order valence-corrected chi connectivity index (χ2v) is 4.57. The molecule has 0 aliphatic heterocycles. The topological polar surface area (TPSA) is 93.4 Å². The van der Waals surface area contributed by atoms with Gasteiger partial charge in [0.05, 0.1) is 24.5 Å². The van der Waals surface area contributed by atoms with Crippen LogP contribution in [0.25, 0.3) is 11.2 Å². The monoisotopic (exact) mass is 314 g/mol. The van der Waals surface area contributed by atoms with Gasteiger partial charge in [0.25, 0.3) is 0 Å². The third-order valence-corrected chi connectivity index (χ3v) is 3.07. The number of imidazole rings is 1. The first-order valence-corrected chi connectivity index (χ1v) is 7.18. The molecule has 0 atom stereocenters. The number of benzene rings is 1. The number of rotatable bonds is 2. The molecule has 0 amide bonds. The van der Waals surface area contributed by atoms with Gasteiger partial charge >= 0.3 is 0 Å². The Morgan fingerprint density at radius 3 is 2.55 bits per heavy atom. The van der Waals surface area contributed by atoms with Crippen molar-refractivity contribution in [1.29, 1.82) is 5.26 Å². The van der Waals surface area contributed by atoms with Crippen molar-refractivity contribution in [3.63, 3.8) is 0 Å². The Morgan fingerprint density at radius 1 is 1.23 bits per heavy atom. The molecule has 7 heteroatoms. The lowest BCUT2D eigenvalue weighted by Gasteiger charge is -2.04. The van der Waals surface area contributed by atoms with Crippen LogP contribution in [0.3, 0.4) is 0 Å². The highest BCUT2D eigenvalue weighted by Gasteiger charge is 2.10. The number of nitrogens with zero attached hydrogens (tertiary/aromatic N) is 5. The number of nitrogen functional groups attached to an aromatic ring is 1. The summed E-state index contributed by atoms with van der Waals surface area (Å²) in [5, 5.41) is 8.87. The van der Waals surface area contributed by atoms with E-state index in [4.69, 9.17) is 22.6 Å². The zero-order valence-corrected chi connectivity index (χ0v) is 13.0. The van der Waals surface area contributed by atoms with Crippen LogP contribution in [0.1, 0.15) is 25.0 Å². The maximum Gasteiger partial charge on any atom is 0.226 e. The lowest BCUT2D eigenvalue weighted by Crippen LogP contribution is -2.01. The summed E-state index contributed by atoms with van der Waals surface area (Å²) in [5.41, 5.74) is 8.52. The van der Waals surface area contributed by atoms with Crippen molar-refractivity contribution in [2.45, 2.75) is 20.4 Å². The summed E-state index contributed by atoms with van der Waals surface area (Å²) in [6.07, 6.45) is 1.64. The van der Waals surface area contributed by atoms with E-state index >= 15 is 0 Å². The Bertz CT molecular complexity index is 816. The highest BCUT2D eigenvalue weighted by atomic mass is 35.5. The minimum absolute atomic E-state index is 0.0941. The van der Waals surface area contributed by atoms with Crippen LogP contribution < -0.4 is 5.73 Å². The van der Waals surface area contributed by atoms with Crippen molar-refractivity contribution in [3.05, 3.63) is 47.0 Å². The van der Waals surface area contributed by atoms with Gasteiger partial charge in [0.2, 0.25) is 5.28 Å². The summed E-state index contributed by atoms with van der Waals surface area (Å²) < 4.78 is 1.83. The summed E-state index contributed by atoms with van der Waals surface area (Å²) in [5.74, 6) is 0.263. The van der Waals surface area contributed by atoms with Crippen molar-refractivity contribution in [3.8, 4) is 6.07 Å². The molecule has 0 spiro atoms. The van der Waals surface area contributed by atoms with Gasteiger partial charge in [-0.25, -0.2) is 4.98 Å². The second kappa shape index (κ2) is 6.87. The molecule has 1 aromatic carbocycles. The standard InChI is InChI=1S/C13H9ClN6.C2H6/c14-13-18-11(16)10-12(19-13)20(7-17-10)6-9-3-1-8(5-15)2-4-9;1-2/h1-4,7H,6H2,(H2,16,18,19);1-2H3. The Kier molecular flexibility index (Phi) is 4.92. The molecule has 0 fully saturated rings. The van der Waals surface area contributed by atoms with Gasteiger partial charge in [-0.2, -0.15) is 15.2 Å². The number of fused-ring (bicyclic) bond motifs is 1. The number of hydrogen-bond acceptors (Lipinski definition) is 5. The molecule has 0 saturated heterocycles. The number of anilines is 1. The van der Waals surface area contributed by atoms with Gasteiger partial charge in [0, 0.05) is 0 Å². The average Bonchev–Trinajstić information content (AvgIpc) is 2.93. The van der Waals surface area contributed by atoms with Crippen molar-refractivity contribution in [2.75, 3.05) is 5.73 Å². The van der Waals surface area contributed by atoms with E-state index in [1.165, 1.54) is 0 Å². The maximum absolute atomic E-state index is 8.78. The van der Waals surface area contributed by atoms with Gasteiger partial charge < -0.3 is 10.3 Å². The van der Waals surface area contributed by atoms with Crippen LogP contribution in [0.15, 0.2) is 30.6 Å². The molecule has 22 heavy (non-hydrogen) atoms. The fourth-order valence-electron chi connectivity index (χ4n) is 1.94. The van der Waals surface area contributed by atoms with Crippen molar-refractivity contribution in [2.24, 2.45) is 0 Å². The minimum Gasteiger partial charge on any atom is -0.382 e. The molecule has 0 radical (unpaired) electrons. The van der Waals surface area contributed by atoms with E-state index in [-0.39, 0.29) is 11.1 Å². The Hall–Kier alpha value is -2.65. The van der Waals surface area contributed by atoms with Gasteiger partial charge in [0.1, 0.15) is 5.52 Å². The fraction of sp³-hybridized carbons (Fsp3) is 0.200. The molecule has 0 unspecified atom stereocenters. The number of halogens is 1. The van der Waals surface area contributed by atoms with E-state index in [9.17, 15) is 0 Å². The van der Waals surface area contributed by atoms with E-state index in [0.29, 0.717) is 23.3 Å². The fourth-order valence-corrected chi connectivity index (χ4v) is 2.11. The van der Waals surface area contributed by atoms with Crippen LogP contribution in [-0.2, 0) is 6.54 Å². The van der Waals surface area contributed by atoms with Gasteiger partial charge in [-0.3, -0.25) is 0 Å². The quantitative estimate of drug-likeness (QED) is 0.734. The molecule has 2 aromatic heterocycles. The number of nitrogens with two attached hydrogens (primary N) is 1. The number of hydrogen-bond donors (Lipinski definition) is 1. The molecule has 0 aliphatic rings. The number of aromatic nitrogens is 4. The Balaban J connectivity index is 0.000000847. The Morgan fingerprint density at radius 2 is 1.91 bits per heavy atom. The molecule has 2 N–H and O–H groups in total. The summed E-state index contributed by atoms with van der Waals surface area (Å²) in [7, 11) is 0. The SMILES string of the molecule is CC.N#Cc1ccc(Cn2cnc3c(N)nc(Cl)nc32)cc1. The van der Waals surface area contributed by atoms with Crippen LogP contribution in [-0.4, -0.2) is 19.5 Å². The van der Waals surface area contributed by atoms with Crippen LogP contribution in [0.2, 0.25) is 5.28 Å². The van der Waals surface area contributed by atoms with E-state index in [2.05, 4.69) is 21.0 Å². The molecule has 112 valence electrons. The summed E-state index contributed by atoms with van der Waals surface area (Å²) >= 11 is 5.82. The molecular formula is C15H15ClN6. The molecule has 0 aliphatic carbocycles. The van der Waals surface area contributed by atoms with Gasteiger partial charge in [-0.15, -0.1) is 0 Å². The second-order valence-electron chi connectivity index (χ2n) is 4.23. The summed E-state index contributed by atoms with van der Waals surface area (Å²) in [6, 6.07) is 9.39. The smallest absolute Gasteiger partial charge is 0.226 e. The van der Waals surface area contributed by atoms with Gasteiger partial charge in [0.15, 0.2) is 11.5 Å². The van der Waals surface area contributed by atoms with Crippen LogP contribution in [0.4, 0.5) is 5.82 Å².